The lowest BCUT2D eigenvalue weighted by Gasteiger charge is -2.35. The van der Waals surface area contributed by atoms with E-state index in [2.05, 4.69) is 15.0 Å². The van der Waals surface area contributed by atoms with E-state index in [9.17, 15) is 18.3 Å². The summed E-state index contributed by atoms with van der Waals surface area (Å²) in [6, 6.07) is 16.9. The van der Waals surface area contributed by atoms with Crippen molar-refractivity contribution in [2.45, 2.75) is 42.5 Å². The standard InChI is InChI=1S/C24H28N4O5S/c1-28-14-24(25-16-28)34(31,32)27-21-12-11-20(33-22(21)15-29)13-23(30)26-19-9-7-18(8-10-19)17-5-3-2-4-6-17/h2-10,14,16,20-22,27,29H,11-13,15H2,1H3,(H,26,30)/t20-,21+,22+/m1/s1. The molecule has 10 heteroatoms. The molecule has 0 radical (unpaired) electrons. The Morgan fingerprint density at radius 1 is 1.12 bits per heavy atom. The molecule has 9 nitrogen and oxygen atoms in total. The molecule has 1 aliphatic rings. The van der Waals surface area contributed by atoms with E-state index in [-0.39, 0.29) is 24.0 Å². The van der Waals surface area contributed by atoms with Crippen LogP contribution in [0.1, 0.15) is 19.3 Å². The lowest BCUT2D eigenvalue weighted by molar-refractivity contribution is -0.126. The molecular weight excluding hydrogens is 456 g/mol. The molecule has 0 spiro atoms. The topological polar surface area (TPSA) is 123 Å². The molecule has 0 aliphatic carbocycles. The van der Waals surface area contributed by atoms with Crippen LogP contribution >= 0.6 is 0 Å². The largest absolute Gasteiger partial charge is 0.394 e. The van der Waals surface area contributed by atoms with E-state index in [1.807, 2.05) is 54.6 Å². The quantitative estimate of drug-likeness (QED) is 0.451. The summed E-state index contributed by atoms with van der Waals surface area (Å²) in [5.41, 5.74) is 2.83. The van der Waals surface area contributed by atoms with Crippen LogP contribution in [-0.2, 0) is 26.6 Å². The third-order valence-electron chi connectivity index (χ3n) is 5.75. The minimum atomic E-state index is -3.84. The number of aryl methyl sites for hydroxylation is 1. The molecule has 1 aromatic heterocycles. The van der Waals surface area contributed by atoms with Gasteiger partial charge in [-0.2, -0.15) is 0 Å². The maximum Gasteiger partial charge on any atom is 0.259 e. The highest BCUT2D eigenvalue weighted by Crippen LogP contribution is 2.25. The van der Waals surface area contributed by atoms with Crippen LogP contribution in [-0.4, -0.2) is 53.8 Å². The minimum Gasteiger partial charge on any atom is -0.394 e. The average molecular weight is 485 g/mol. The van der Waals surface area contributed by atoms with Crippen LogP contribution in [0.4, 0.5) is 5.69 Å². The highest BCUT2D eigenvalue weighted by molar-refractivity contribution is 7.89. The van der Waals surface area contributed by atoms with Gasteiger partial charge in [-0.25, -0.2) is 18.1 Å². The zero-order chi connectivity index (χ0) is 24.1. The van der Waals surface area contributed by atoms with Gasteiger partial charge in [-0.3, -0.25) is 4.79 Å². The van der Waals surface area contributed by atoms with Crippen molar-refractivity contribution in [1.82, 2.24) is 14.3 Å². The summed E-state index contributed by atoms with van der Waals surface area (Å²) in [4.78, 5) is 16.4. The molecule has 3 aromatic rings. The molecule has 180 valence electrons. The maximum absolute atomic E-state index is 12.6. The van der Waals surface area contributed by atoms with Crippen molar-refractivity contribution in [2.75, 3.05) is 11.9 Å². The van der Waals surface area contributed by atoms with Crippen molar-refractivity contribution in [3.8, 4) is 11.1 Å². The lowest BCUT2D eigenvalue weighted by Crippen LogP contribution is -2.51. The molecule has 2 heterocycles. The summed E-state index contributed by atoms with van der Waals surface area (Å²) in [5.74, 6) is -0.207. The van der Waals surface area contributed by atoms with Gasteiger partial charge in [0.2, 0.25) is 5.91 Å². The van der Waals surface area contributed by atoms with E-state index in [4.69, 9.17) is 4.74 Å². The first kappa shape index (κ1) is 24.1. The number of hydrogen-bond acceptors (Lipinski definition) is 6. The van der Waals surface area contributed by atoms with E-state index in [1.165, 1.54) is 12.5 Å². The fourth-order valence-corrected chi connectivity index (χ4v) is 5.28. The van der Waals surface area contributed by atoms with Crippen molar-refractivity contribution in [3.05, 3.63) is 67.1 Å². The van der Waals surface area contributed by atoms with Gasteiger partial charge in [-0.1, -0.05) is 42.5 Å². The molecule has 34 heavy (non-hydrogen) atoms. The molecule has 4 rings (SSSR count). The zero-order valence-corrected chi connectivity index (χ0v) is 19.6. The predicted molar refractivity (Wildman–Crippen MR) is 127 cm³/mol. The molecule has 0 saturated carbocycles. The third-order valence-corrected chi connectivity index (χ3v) is 7.12. The Kier molecular flexibility index (Phi) is 7.42. The Hall–Kier alpha value is -3.05. The number of carbonyl (C=O) groups excluding carboxylic acids is 1. The Morgan fingerprint density at radius 3 is 2.47 bits per heavy atom. The summed E-state index contributed by atoms with van der Waals surface area (Å²) in [7, 11) is -2.16. The van der Waals surface area contributed by atoms with E-state index in [1.54, 1.807) is 11.6 Å². The Bertz CT molecular complexity index is 1210. The van der Waals surface area contributed by atoms with Gasteiger partial charge in [-0.15, -0.1) is 0 Å². The zero-order valence-electron chi connectivity index (χ0n) is 18.8. The predicted octanol–water partition coefficient (Wildman–Crippen LogP) is 2.30. The number of hydrogen-bond donors (Lipinski definition) is 3. The smallest absolute Gasteiger partial charge is 0.259 e. The van der Waals surface area contributed by atoms with Crippen LogP contribution in [0.5, 0.6) is 0 Å². The molecule has 2 aromatic carbocycles. The van der Waals surface area contributed by atoms with Gasteiger partial charge in [0.25, 0.3) is 10.0 Å². The van der Waals surface area contributed by atoms with Gasteiger partial charge in [-0.05, 0) is 36.1 Å². The van der Waals surface area contributed by atoms with Crippen LogP contribution in [0, 0.1) is 0 Å². The normalized spacial score (nSPS) is 20.7. The molecule has 3 N–H and O–H groups in total. The van der Waals surface area contributed by atoms with Gasteiger partial charge in [0.15, 0.2) is 5.03 Å². The molecule has 1 fully saturated rings. The Morgan fingerprint density at radius 2 is 1.82 bits per heavy atom. The van der Waals surface area contributed by atoms with Gasteiger partial charge >= 0.3 is 0 Å². The average Bonchev–Trinajstić information content (AvgIpc) is 3.28. The number of aliphatic hydroxyl groups is 1. The minimum absolute atomic E-state index is 0.0912. The number of carbonyl (C=O) groups is 1. The van der Waals surface area contributed by atoms with Crippen molar-refractivity contribution in [3.63, 3.8) is 0 Å². The SMILES string of the molecule is Cn1cnc(S(=O)(=O)N[C@H]2CC[C@H](CC(=O)Nc3ccc(-c4ccccc4)cc3)O[C@H]2CO)c1. The van der Waals surface area contributed by atoms with Crippen LogP contribution in [0.2, 0.25) is 0 Å². The number of rotatable bonds is 8. The lowest BCUT2D eigenvalue weighted by atomic mass is 9.98. The van der Waals surface area contributed by atoms with E-state index in [0.717, 1.165) is 11.1 Å². The van der Waals surface area contributed by atoms with Crippen LogP contribution in [0.3, 0.4) is 0 Å². The second kappa shape index (κ2) is 10.5. The monoisotopic (exact) mass is 484 g/mol. The van der Waals surface area contributed by atoms with E-state index >= 15 is 0 Å². The second-order valence-electron chi connectivity index (χ2n) is 8.36. The molecule has 1 saturated heterocycles. The van der Waals surface area contributed by atoms with E-state index in [0.29, 0.717) is 18.5 Å². The molecule has 1 aliphatic heterocycles. The fraction of sp³-hybridized carbons (Fsp3) is 0.333. The Labute approximate surface area is 198 Å². The highest BCUT2D eigenvalue weighted by atomic mass is 32.2. The number of nitrogens with zero attached hydrogens (tertiary/aromatic N) is 2. The van der Waals surface area contributed by atoms with Crippen molar-refractivity contribution in [2.24, 2.45) is 7.05 Å². The first-order valence-electron chi connectivity index (χ1n) is 11.1. The number of anilines is 1. The summed E-state index contributed by atoms with van der Waals surface area (Å²) in [5, 5.41) is 12.5. The van der Waals surface area contributed by atoms with Crippen LogP contribution < -0.4 is 10.0 Å². The summed E-state index contributed by atoms with van der Waals surface area (Å²) in [6.45, 7) is -0.367. The summed E-state index contributed by atoms with van der Waals surface area (Å²) >= 11 is 0. The third kappa shape index (κ3) is 5.89. The molecule has 1 amide bonds. The van der Waals surface area contributed by atoms with Crippen LogP contribution in [0.15, 0.2) is 72.1 Å². The number of amides is 1. The summed E-state index contributed by atoms with van der Waals surface area (Å²) < 4.78 is 35.1. The van der Waals surface area contributed by atoms with E-state index < -0.39 is 28.3 Å². The Balaban J connectivity index is 1.31. The van der Waals surface area contributed by atoms with Crippen molar-refractivity contribution in [1.29, 1.82) is 0 Å². The number of aliphatic hydroxyl groups excluding tert-OH is 1. The number of sulfonamides is 1. The van der Waals surface area contributed by atoms with Gasteiger partial charge in [0.1, 0.15) is 0 Å². The number of ether oxygens (including phenoxy) is 1. The number of nitrogens with one attached hydrogen (secondary N) is 2. The van der Waals surface area contributed by atoms with Crippen molar-refractivity contribution < 1.29 is 23.1 Å². The van der Waals surface area contributed by atoms with Gasteiger partial charge in [0, 0.05) is 18.9 Å². The molecule has 0 bridgehead atoms. The molecule has 3 atom stereocenters. The second-order valence-corrected chi connectivity index (χ2v) is 10.0. The fourth-order valence-electron chi connectivity index (χ4n) is 4.00. The first-order chi connectivity index (χ1) is 16.3. The van der Waals surface area contributed by atoms with Crippen LogP contribution in [0.25, 0.3) is 11.1 Å². The number of benzene rings is 2. The molecular formula is C24H28N4O5S. The first-order valence-corrected chi connectivity index (χ1v) is 12.5. The highest BCUT2D eigenvalue weighted by Gasteiger charge is 2.35. The van der Waals surface area contributed by atoms with Gasteiger partial charge in [0.05, 0.1) is 37.6 Å². The van der Waals surface area contributed by atoms with Crippen molar-refractivity contribution >= 4 is 21.6 Å². The number of imidazole rings is 1. The molecule has 0 unspecified atom stereocenters. The number of aromatic nitrogens is 2. The maximum atomic E-state index is 12.6. The van der Waals surface area contributed by atoms with Gasteiger partial charge < -0.3 is 19.7 Å². The summed E-state index contributed by atoms with van der Waals surface area (Å²) in [6.07, 6.45) is 2.65.